The molecule has 0 atom stereocenters. The van der Waals surface area contributed by atoms with Gasteiger partial charge in [-0.1, -0.05) is 0 Å². The maximum Gasteiger partial charge on any atom is 0.125 e. The van der Waals surface area contributed by atoms with Crippen molar-refractivity contribution in [3.8, 4) is 0 Å². The van der Waals surface area contributed by atoms with Crippen molar-refractivity contribution in [3.63, 3.8) is 0 Å². The number of hydrogen-bond donors (Lipinski definition) is 0. The fourth-order valence-corrected chi connectivity index (χ4v) is 2.82. The van der Waals surface area contributed by atoms with Crippen molar-refractivity contribution in [2.45, 2.75) is 12.4 Å². The molecule has 0 radical (unpaired) electrons. The van der Waals surface area contributed by atoms with E-state index in [1.165, 1.54) is 3.57 Å². The monoisotopic (exact) mass is 386 g/mol. The van der Waals surface area contributed by atoms with E-state index in [0.29, 0.717) is 12.4 Å². The SMILES string of the molecule is Cn1ccc(Cn2c(CCl)nc3cc(I)ccc32)n1. The summed E-state index contributed by atoms with van der Waals surface area (Å²) in [4.78, 5) is 4.59. The highest BCUT2D eigenvalue weighted by Crippen LogP contribution is 2.21. The second-order valence-electron chi connectivity index (χ2n) is 4.36. The van der Waals surface area contributed by atoms with E-state index in [0.717, 1.165) is 22.6 Å². The Hall–Kier alpha value is -1.08. The maximum absolute atomic E-state index is 6.00. The minimum absolute atomic E-state index is 0.401. The van der Waals surface area contributed by atoms with Gasteiger partial charge in [0.05, 0.1) is 29.2 Å². The van der Waals surface area contributed by atoms with Crippen LogP contribution in [0.4, 0.5) is 0 Å². The highest BCUT2D eigenvalue weighted by atomic mass is 127. The fourth-order valence-electron chi connectivity index (χ4n) is 2.14. The molecule has 0 aliphatic heterocycles. The molecular formula is C13H12ClIN4. The largest absolute Gasteiger partial charge is 0.321 e. The molecule has 6 heteroatoms. The summed E-state index contributed by atoms with van der Waals surface area (Å²) >= 11 is 8.29. The predicted octanol–water partition coefficient (Wildman–Crippen LogP) is 3.16. The first-order chi connectivity index (χ1) is 9.17. The van der Waals surface area contributed by atoms with Crippen LogP contribution < -0.4 is 0 Å². The van der Waals surface area contributed by atoms with Crippen LogP contribution in [0.1, 0.15) is 11.5 Å². The van der Waals surface area contributed by atoms with Crippen molar-refractivity contribution in [3.05, 3.63) is 45.6 Å². The number of rotatable bonds is 3. The molecule has 0 unspecified atom stereocenters. The number of benzene rings is 1. The van der Waals surface area contributed by atoms with E-state index in [-0.39, 0.29) is 0 Å². The average Bonchev–Trinajstić information content (AvgIpc) is 2.94. The number of hydrogen-bond acceptors (Lipinski definition) is 2. The molecule has 2 aromatic heterocycles. The molecule has 0 N–H and O–H groups in total. The van der Waals surface area contributed by atoms with E-state index in [4.69, 9.17) is 11.6 Å². The van der Waals surface area contributed by atoms with Gasteiger partial charge in [0.15, 0.2) is 0 Å². The lowest BCUT2D eigenvalue weighted by molar-refractivity contribution is 0.701. The zero-order chi connectivity index (χ0) is 13.4. The van der Waals surface area contributed by atoms with Gasteiger partial charge in [0.1, 0.15) is 5.82 Å². The van der Waals surface area contributed by atoms with Crippen molar-refractivity contribution in [2.75, 3.05) is 0 Å². The first-order valence-corrected chi connectivity index (χ1v) is 7.48. The quantitative estimate of drug-likeness (QED) is 0.512. The number of halogens is 2. The lowest BCUT2D eigenvalue weighted by atomic mass is 10.3. The summed E-state index contributed by atoms with van der Waals surface area (Å²) in [5.74, 6) is 1.28. The Morgan fingerprint density at radius 3 is 2.84 bits per heavy atom. The summed E-state index contributed by atoms with van der Waals surface area (Å²) in [6, 6.07) is 8.25. The highest BCUT2D eigenvalue weighted by molar-refractivity contribution is 14.1. The van der Waals surface area contributed by atoms with E-state index < -0.39 is 0 Å². The van der Waals surface area contributed by atoms with E-state index in [1.54, 1.807) is 4.68 Å². The van der Waals surface area contributed by atoms with Gasteiger partial charge in [-0.25, -0.2) is 4.98 Å². The van der Waals surface area contributed by atoms with Crippen LogP contribution in [-0.2, 0) is 19.5 Å². The van der Waals surface area contributed by atoms with Crippen molar-refractivity contribution in [1.29, 1.82) is 0 Å². The topological polar surface area (TPSA) is 35.6 Å². The van der Waals surface area contributed by atoms with Gasteiger partial charge in [-0.15, -0.1) is 11.6 Å². The number of alkyl halides is 1. The molecule has 0 spiro atoms. The van der Waals surface area contributed by atoms with Gasteiger partial charge in [-0.05, 0) is 46.9 Å². The third-order valence-electron chi connectivity index (χ3n) is 3.00. The Morgan fingerprint density at radius 1 is 1.32 bits per heavy atom. The van der Waals surface area contributed by atoms with Crippen molar-refractivity contribution in [2.24, 2.45) is 7.05 Å². The maximum atomic E-state index is 6.00. The summed E-state index contributed by atoms with van der Waals surface area (Å²) in [5.41, 5.74) is 3.09. The Morgan fingerprint density at radius 2 is 2.16 bits per heavy atom. The van der Waals surface area contributed by atoms with Crippen LogP contribution in [0.2, 0.25) is 0 Å². The van der Waals surface area contributed by atoms with E-state index in [2.05, 4.69) is 55.4 Å². The summed E-state index contributed by atoms with van der Waals surface area (Å²) in [6.07, 6.45) is 1.94. The first kappa shape index (κ1) is 12.9. The standard InChI is InChI=1S/C13H12ClIN4/c1-18-5-4-10(17-18)8-19-12-3-2-9(15)6-11(12)16-13(19)7-14/h2-6H,7-8H2,1H3. The molecule has 19 heavy (non-hydrogen) atoms. The third-order valence-corrected chi connectivity index (χ3v) is 3.91. The van der Waals surface area contributed by atoms with Crippen LogP contribution in [0.25, 0.3) is 11.0 Å². The van der Waals surface area contributed by atoms with Crippen LogP contribution >= 0.6 is 34.2 Å². The highest BCUT2D eigenvalue weighted by Gasteiger charge is 2.11. The zero-order valence-corrected chi connectivity index (χ0v) is 13.3. The molecule has 3 aromatic rings. The number of nitrogens with zero attached hydrogens (tertiary/aromatic N) is 4. The molecular weight excluding hydrogens is 375 g/mol. The molecule has 3 rings (SSSR count). The second kappa shape index (κ2) is 5.13. The molecule has 4 nitrogen and oxygen atoms in total. The number of fused-ring (bicyclic) bond motifs is 1. The molecule has 0 amide bonds. The minimum Gasteiger partial charge on any atom is -0.321 e. The molecule has 0 bridgehead atoms. The van der Waals surface area contributed by atoms with E-state index in [1.807, 2.05) is 19.3 Å². The first-order valence-electron chi connectivity index (χ1n) is 5.86. The van der Waals surface area contributed by atoms with Crippen molar-refractivity contribution < 1.29 is 0 Å². The Balaban J connectivity index is 2.10. The van der Waals surface area contributed by atoms with E-state index in [9.17, 15) is 0 Å². The van der Waals surface area contributed by atoms with Gasteiger partial charge in [0.25, 0.3) is 0 Å². The van der Waals surface area contributed by atoms with E-state index >= 15 is 0 Å². The second-order valence-corrected chi connectivity index (χ2v) is 5.87. The van der Waals surface area contributed by atoms with Gasteiger partial charge in [-0.3, -0.25) is 4.68 Å². The number of imidazole rings is 1. The van der Waals surface area contributed by atoms with Gasteiger partial charge in [0, 0.05) is 16.8 Å². The lowest BCUT2D eigenvalue weighted by Crippen LogP contribution is -2.05. The van der Waals surface area contributed by atoms with Gasteiger partial charge < -0.3 is 4.57 Å². The molecule has 0 aliphatic carbocycles. The van der Waals surface area contributed by atoms with Crippen molar-refractivity contribution >= 4 is 45.2 Å². The van der Waals surface area contributed by atoms with Crippen LogP contribution in [-0.4, -0.2) is 19.3 Å². The third kappa shape index (κ3) is 2.49. The molecule has 2 heterocycles. The van der Waals surface area contributed by atoms with Crippen LogP contribution in [0.5, 0.6) is 0 Å². The Bertz CT molecular complexity index is 731. The molecule has 0 saturated heterocycles. The van der Waals surface area contributed by atoms with Crippen LogP contribution in [0.3, 0.4) is 0 Å². The van der Waals surface area contributed by atoms with Crippen LogP contribution in [0, 0.1) is 3.57 Å². The Kier molecular flexibility index (Phi) is 3.49. The molecule has 0 aliphatic rings. The summed E-state index contributed by atoms with van der Waals surface area (Å²) < 4.78 is 5.10. The van der Waals surface area contributed by atoms with Gasteiger partial charge in [-0.2, -0.15) is 5.10 Å². The minimum atomic E-state index is 0.401. The number of aryl methyl sites for hydroxylation is 1. The molecule has 0 fully saturated rings. The zero-order valence-electron chi connectivity index (χ0n) is 10.3. The van der Waals surface area contributed by atoms with Gasteiger partial charge >= 0.3 is 0 Å². The molecule has 0 saturated carbocycles. The summed E-state index contributed by atoms with van der Waals surface area (Å²) in [6.45, 7) is 0.694. The van der Waals surface area contributed by atoms with Gasteiger partial charge in [0.2, 0.25) is 0 Å². The van der Waals surface area contributed by atoms with Crippen LogP contribution in [0.15, 0.2) is 30.5 Å². The number of aromatic nitrogens is 4. The Labute approximate surface area is 129 Å². The molecule has 98 valence electrons. The normalized spacial score (nSPS) is 11.3. The smallest absolute Gasteiger partial charge is 0.125 e. The molecule has 1 aromatic carbocycles. The summed E-state index contributed by atoms with van der Waals surface area (Å²) in [5, 5.41) is 4.41. The van der Waals surface area contributed by atoms with Crippen molar-refractivity contribution in [1.82, 2.24) is 19.3 Å². The summed E-state index contributed by atoms with van der Waals surface area (Å²) in [7, 11) is 1.92. The predicted molar refractivity (Wildman–Crippen MR) is 84.3 cm³/mol. The fraction of sp³-hybridized carbons (Fsp3) is 0.231. The lowest BCUT2D eigenvalue weighted by Gasteiger charge is -2.05. The average molecular weight is 387 g/mol.